The number of pyridine rings is 1. The fraction of sp³-hybridized carbons (Fsp3) is 0.174. The van der Waals surface area contributed by atoms with Gasteiger partial charge in [-0.2, -0.15) is 5.10 Å². The van der Waals surface area contributed by atoms with E-state index < -0.39 is 0 Å². The summed E-state index contributed by atoms with van der Waals surface area (Å²) in [6, 6.07) is 9.48. The van der Waals surface area contributed by atoms with Crippen LogP contribution in [0.25, 0.3) is 37.6 Å². The largest absolute Gasteiger partial charge is 0.471 e. The van der Waals surface area contributed by atoms with E-state index in [0.29, 0.717) is 16.5 Å². The molecule has 0 radical (unpaired) electrons. The Balaban J connectivity index is 1.34. The fourth-order valence-electron chi connectivity index (χ4n) is 3.94. The number of hydrogen-bond acceptors (Lipinski definition) is 7. The Labute approximate surface area is 197 Å². The molecular formula is C23H18ClN7OS. The van der Waals surface area contributed by atoms with Crippen LogP contribution in [0.3, 0.4) is 0 Å². The van der Waals surface area contributed by atoms with Crippen LogP contribution in [0.4, 0.5) is 0 Å². The minimum Gasteiger partial charge on any atom is -0.471 e. The van der Waals surface area contributed by atoms with Gasteiger partial charge in [0.25, 0.3) is 0 Å². The molecule has 8 nitrogen and oxygen atoms in total. The molecule has 33 heavy (non-hydrogen) atoms. The molecule has 6 aromatic rings. The summed E-state index contributed by atoms with van der Waals surface area (Å²) >= 11 is 7.61. The quantitative estimate of drug-likeness (QED) is 0.341. The number of aryl methyl sites for hydroxylation is 3. The number of halogens is 1. The number of nitrogens with zero attached hydrogens (tertiary/aromatic N) is 7. The highest BCUT2D eigenvalue weighted by molar-refractivity contribution is 7.26. The van der Waals surface area contributed by atoms with Gasteiger partial charge in [0.15, 0.2) is 12.4 Å². The maximum Gasteiger partial charge on any atom is 0.202 e. The van der Waals surface area contributed by atoms with Crippen LogP contribution >= 0.6 is 22.9 Å². The Bertz CT molecular complexity index is 1680. The lowest BCUT2D eigenvalue weighted by Gasteiger charge is -2.09. The Morgan fingerprint density at radius 3 is 2.76 bits per heavy atom. The average Bonchev–Trinajstić information content (AvgIpc) is 3.48. The number of thiophene rings is 1. The molecule has 0 unspecified atom stereocenters. The summed E-state index contributed by atoms with van der Waals surface area (Å²) in [7, 11) is 0. The van der Waals surface area contributed by atoms with Crippen molar-refractivity contribution < 1.29 is 4.74 Å². The van der Waals surface area contributed by atoms with Gasteiger partial charge < -0.3 is 4.74 Å². The minimum absolute atomic E-state index is 0.266. The predicted octanol–water partition coefficient (Wildman–Crippen LogP) is 5.37. The van der Waals surface area contributed by atoms with Crippen LogP contribution in [0.15, 0.2) is 42.9 Å². The summed E-state index contributed by atoms with van der Waals surface area (Å²) in [6.07, 6.45) is 3.54. The molecule has 0 fully saturated rings. The first-order valence-corrected chi connectivity index (χ1v) is 11.5. The molecule has 6 rings (SSSR count). The minimum atomic E-state index is 0.266. The van der Waals surface area contributed by atoms with Gasteiger partial charge in [-0.1, -0.05) is 11.6 Å². The molecule has 0 amide bonds. The van der Waals surface area contributed by atoms with Gasteiger partial charge in [0.1, 0.15) is 27.3 Å². The van der Waals surface area contributed by atoms with E-state index in [1.54, 1.807) is 32.9 Å². The molecule has 0 aliphatic rings. The molecule has 1 aromatic carbocycles. The smallest absolute Gasteiger partial charge is 0.202 e. The van der Waals surface area contributed by atoms with Gasteiger partial charge >= 0.3 is 0 Å². The van der Waals surface area contributed by atoms with E-state index >= 15 is 0 Å². The molecule has 10 heteroatoms. The zero-order chi connectivity index (χ0) is 22.7. The monoisotopic (exact) mass is 475 g/mol. The van der Waals surface area contributed by atoms with Gasteiger partial charge in [0.05, 0.1) is 5.52 Å². The Kier molecular flexibility index (Phi) is 4.56. The van der Waals surface area contributed by atoms with Crippen LogP contribution in [-0.2, 0) is 6.73 Å². The predicted molar refractivity (Wildman–Crippen MR) is 129 cm³/mol. The van der Waals surface area contributed by atoms with E-state index in [0.717, 1.165) is 48.7 Å². The maximum absolute atomic E-state index is 6.02. The Hall–Kier alpha value is -3.56. The zero-order valence-electron chi connectivity index (χ0n) is 18.1. The highest BCUT2D eigenvalue weighted by Crippen LogP contribution is 2.35. The zero-order valence-corrected chi connectivity index (χ0v) is 19.6. The Morgan fingerprint density at radius 2 is 1.91 bits per heavy atom. The summed E-state index contributed by atoms with van der Waals surface area (Å²) in [5.74, 6) is 1.30. The Morgan fingerprint density at radius 1 is 1.03 bits per heavy atom. The first-order valence-electron chi connectivity index (χ1n) is 10.3. The molecule has 5 heterocycles. The molecule has 0 spiro atoms. The summed E-state index contributed by atoms with van der Waals surface area (Å²) in [4.78, 5) is 15.1. The van der Waals surface area contributed by atoms with E-state index in [4.69, 9.17) is 21.3 Å². The second kappa shape index (κ2) is 7.50. The van der Waals surface area contributed by atoms with Crippen molar-refractivity contribution in [1.29, 1.82) is 0 Å². The van der Waals surface area contributed by atoms with Crippen LogP contribution in [0.5, 0.6) is 5.75 Å². The second-order valence-electron chi connectivity index (χ2n) is 7.91. The topological polar surface area (TPSA) is 83.0 Å². The third-order valence-corrected chi connectivity index (χ3v) is 6.76. The first-order chi connectivity index (χ1) is 16.0. The lowest BCUT2D eigenvalue weighted by Crippen LogP contribution is -2.06. The second-order valence-corrected chi connectivity index (χ2v) is 9.35. The van der Waals surface area contributed by atoms with Gasteiger partial charge in [-0.3, -0.25) is 0 Å². The average molecular weight is 476 g/mol. The lowest BCUT2D eigenvalue weighted by atomic mass is 10.1. The lowest BCUT2D eigenvalue weighted by molar-refractivity contribution is 0.220. The number of fused-ring (bicyclic) bond motifs is 5. The highest BCUT2D eigenvalue weighted by atomic mass is 35.5. The van der Waals surface area contributed by atoms with Crippen molar-refractivity contribution >= 4 is 49.0 Å². The van der Waals surface area contributed by atoms with Crippen LogP contribution in [0.2, 0.25) is 5.02 Å². The number of rotatable bonds is 4. The van der Waals surface area contributed by atoms with Crippen molar-refractivity contribution in [2.75, 3.05) is 0 Å². The van der Waals surface area contributed by atoms with E-state index in [-0.39, 0.29) is 6.73 Å². The van der Waals surface area contributed by atoms with Gasteiger partial charge in [0.2, 0.25) is 5.82 Å². The molecule has 0 saturated carbocycles. The van der Waals surface area contributed by atoms with Crippen LogP contribution < -0.4 is 4.74 Å². The van der Waals surface area contributed by atoms with Crippen molar-refractivity contribution in [2.24, 2.45) is 0 Å². The van der Waals surface area contributed by atoms with Crippen LogP contribution in [0, 0.1) is 20.8 Å². The number of aromatic nitrogens is 7. The molecule has 0 aliphatic heterocycles. The van der Waals surface area contributed by atoms with E-state index in [1.807, 2.05) is 38.2 Å². The summed E-state index contributed by atoms with van der Waals surface area (Å²) < 4.78 is 10.2. The molecule has 164 valence electrons. The van der Waals surface area contributed by atoms with Crippen LogP contribution in [-0.4, -0.2) is 34.3 Å². The van der Waals surface area contributed by atoms with Gasteiger partial charge in [-0.05, 0) is 62.2 Å². The fourth-order valence-corrected chi connectivity index (χ4v) is 5.39. The molecule has 0 saturated heterocycles. The maximum atomic E-state index is 6.02. The molecule has 0 atom stereocenters. The normalized spacial score (nSPS) is 11.8. The van der Waals surface area contributed by atoms with Gasteiger partial charge in [0, 0.05) is 22.3 Å². The molecular weight excluding hydrogens is 458 g/mol. The van der Waals surface area contributed by atoms with E-state index in [9.17, 15) is 0 Å². The van der Waals surface area contributed by atoms with E-state index in [2.05, 4.69) is 33.2 Å². The van der Waals surface area contributed by atoms with Crippen molar-refractivity contribution in [1.82, 2.24) is 34.3 Å². The molecule has 0 aliphatic carbocycles. The number of hydrogen-bond donors (Lipinski definition) is 0. The van der Waals surface area contributed by atoms with Gasteiger partial charge in [-0.25, -0.2) is 24.1 Å². The molecule has 0 N–H and O–H groups in total. The third kappa shape index (κ3) is 3.40. The van der Waals surface area contributed by atoms with Crippen molar-refractivity contribution in [2.45, 2.75) is 27.5 Å². The van der Waals surface area contributed by atoms with Crippen molar-refractivity contribution in [3.8, 4) is 17.3 Å². The summed E-state index contributed by atoms with van der Waals surface area (Å²) in [6.45, 7) is 6.31. The van der Waals surface area contributed by atoms with Crippen molar-refractivity contribution in [3.05, 3.63) is 64.7 Å². The van der Waals surface area contributed by atoms with Crippen LogP contribution in [0.1, 0.15) is 16.8 Å². The standard InChI is InChI=1S/C23H18ClN7OS/c1-12-9-15(24)4-5-17(12)32-11-30-7-6-16(28-30)21-27-22-20-19(25-10-31(22)29-21)18-13(2)8-14(3)26-23(18)33-20/h4-10H,11H2,1-3H3. The molecule has 0 bridgehead atoms. The molecule has 5 aromatic heterocycles. The summed E-state index contributed by atoms with van der Waals surface area (Å²) in [5.41, 5.74) is 5.44. The third-order valence-electron chi connectivity index (χ3n) is 5.45. The number of ether oxygens (including phenoxy) is 1. The van der Waals surface area contributed by atoms with E-state index in [1.165, 1.54) is 0 Å². The van der Waals surface area contributed by atoms with Crippen molar-refractivity contribution in [3.63, 3.8) is 0 Å². The summed E-state index contributed by atoms with van der Waals surface area (Å²) in [5, 5.41) is 10.9. The van der Waals surface area contributed by atoms with Gasteiger partial charge in [-0.15, -0.1) is 16.4 Å². The first kappa shape index (κ1) is 20.1. The highest BCUT2D eigenvalue weighted by Gasteiger charge is 2.17. The SMILES string of the molecule is Cc1cc(C)c2c(n1)sc1c2ncn2nc(-c3ccn(COc4ccc(Cl)cc4C)n3)nc12. The number of benzene rings is 1.